The van der Waals surface area contributed by atoms with Crippen LogP contribution >= 0.6 is 23.2 Å². The molecular formula is C29H39Cl2N5O2. The lowest BCUT2D eigenvalue weighted by Gasteiger charge is -2.43. The quantitative estimate of drug-likeness (QED) is 0.403. The van der Waals surface area contributed by atoms with Crippen molar-refractivity contribution < 1.29 is 9.59 Å². The molecule has 0 aliphatic carbocycles. The van der Waals surface area contributed by atoms with Crippen LogP contribution in [0.5, 0.6) is 0 Å². The zero-order valence-electron chi connectivity index (χ0n) is 22.7. The minimum Gasteiger partial charge on any atom is -0.325 e. The number of piperidine rings is 2. The number of carbonyl (C=O) groups excluding carboxylic acids is 2. The number of rotatable bonds is 8. The molecule has 1 aromatic carbocycles. The SMILES string of the molecule is CCN(CC)C(=O)N(C)C1CCN(CCC2[C@H](c3ccc(Cl)c(Cl)c3)CCC(=O)N2c2ccccn2)CC1. The van der Waals surface area contributed by atoms with Gasteiger partial charge in [0.25, 0.3) is 0 Å². The minimum absolute atomic E-state index is 0.0342. The molecular weight excluding hydrogens is 521 g/mol. The van der Waals surface area contributed by atoms with E-state index >= 15 is 0 Å². The van der Waals surface area contributed by atoms with Crippen molar-refractivity contribution in [3.8, 4) is 0 Å². The van der Waals surface area contributed by atoms with Gasteiger partial charge in [0, 0.05) is 70.4 Å². The Hall–Kier alpha value is -2.35. The van der Waals surface area contributed by atoms with Gasteiger partial charge in [-0.25, -0.2) is 9.78 Å². The Bertz CT molecular complexity index is 1090. The molecule has 2 aliphatic heterocycles. The third kappa shape index (κ3) is 6.44. The van der Waals surface area contributed by atoms with Gasteiger partial charge in [-0.1, -0.05) is 35.3 Å². The van der Waals surface area contributed by atoms with E-state index in [1.165, 1.54) is 0 Å². The summed E-state index contributed by atoms with van der Waals surface area (Å²) in [6.07, 6.45) is 5.71. The Balaban J connectivity index is 1.47. The lowest BCUT2D eigenvalue weighted by molar-refractivity contribution is -0.120. The minimum atomic E-state index is -0.0342. The molecule has 2 saturated heterocycles. The molecule has 2 aliphatic rings. The molecule has 3 heterocycles. The van der Waals surface area contributed by atoms with E-state index in [1.54, 1.807) is 6.20 Å². The maximum Gasteiger partial charge on any atom is 0.319 e. The van der Waals surface area contributed by atoms with Gasteiger partial charge in [-0.15, -0.1) is 0 Å². The van der Waals surface area contributed by atoms with Crippen molar-refractivity contribution in [2.24, 2.45) is 0 Å². The molecule has 206 valence electrons. The summed E-state index contributed by atoms with van der Waals surface area (Å²) in [4.78, 5) is 38.7. The summed E-state index contributed by atoms with van der Waals surface area (Å²) in [5, 5.41) is 1.07. The second-order valence-corrected chi connectivity index (χ2v) is 11.1. The van der Waals surface area contributed by atoms with Crippen LogP contribution < -0.4 is 4.90 Å². The third-order valence-corrected chi connectivity index (χ3v) is 8.92. The van der Waals surface area contributed by atoms with Crippen molar-refractivity contribution in [3.63, 3.8) is 0 Å². The van der Waals surface area contributed by atoms with Crippen LogP contribution in [-0.4, -0.2) is 83.5 Å². The van der Waals surface area contributed by atoms with Crippen LogP contribution in [0.1, 0.15) is 57.4 Å². The second kappa shape index (κ2) is 13.1. The number of pyridine rings is 1. The molecule has 9 heteroatoms. The maximum absolute atomic E-state index is 13.2. The molecule has 2 fully saturated rings. The predicted molar refractivity (Wildman–Crippen MR) is 154 cm³/mol. The summed E-state index contributed by atoms with van der Waals surface area (Å²) < 4.78 is 0. The fourth-order valence-corrected chi connectivity index (χ4v) is 6.24. The van der Waals surface area contributed by atoms with Gasteiger partial charge in [0.1, 0.15) is 5.82 Å². The smallest absolute Gasteiger partial charge is 0.319 e. The van der Waals surface area contributed by atoms with Crippen molar-refractivity contribution in [2.75, 3.05) is 44.7 Å². The molecule has 0 saturated carbocycles. The highest BCUT2D eigenvalue weighted by Gasteiger charge is 2.38. The molecule has 38 heavy (non-hydrogen) atoms. The number of halogens is 2. The van der Waals surface area contributed by atoms with E-state index in [0.29, 0.717) is 22.3 Å². The lowest BCUT2D eigenvalue weighted by atomic mass is 9.81. The van der Waals surface area contributed by atoms with E-state index in [2.05, 4.69) is 9.88 Å². The summed E-state index contributed by atoms with van der Waals surface area (Å²) in [6, 6.07) is 11.9. The monoisotopic (exact) mass is 559 g/mol. The van der Waals surface area contributed by atoms with Crippen LogP contribution in [0.15, 0.2) is 42.6 Å². The fraction of sp³-hybridized carbons (Fsp3) is 0.552. The fourth-order valence-electron chi connectivity index (χ4n) is 5.93. The molecule has 2 aromatic rings. The van der Waals surface area contributed by atoms with E-state index < -0.39 is 0 Å². The Morgan fingerprint density at radius 3 is 2.42 bits per heavy atom. The van der Waals surface area contributed by atoms with Gasteiger partial charge < -0.3 is 14.7 Å². The zero-order chi connectivity index (χ0) is 27.2. The van der Waals surface area contributed by atoms with Crippen molar-refractivity contribution in [2.45, 2.75) is 64.0 Å². The second-order valence-electron chi connectivity index (χ2n) is 10.3. The van der Waals surface area contributed by atoms with E-state index in [0.717, 1.165) is 64.0 Å². The van der Waals surface area contributed by atoms with Crippen molar-refractivity contribution in [1.82, 2.24) is 19.7 Å². The number of urea groups is 1. The number of anilines is 1. The van der Waals surface area contributed by atoms with Crippen LogP contribution in [0.3, 0.4) is 0 Å². The van der Waals surface area contributed by atoms with E-state index in [9.17, 15) is 9.59 Å². The Morgan fingerprint density at radius 1 is 1.05 bits per heavy atom. The Morgan fingerprint density at radius 2 is 1.79 bits per heavy atom. The predicted octanol–water partition coefficient (Wildman–Crippen LogP) is 5.92. The van der Waals surface area contributed by atoms with Gasteiger partial charge in [-0.05, 0) is 69.4 Å². The number of hydrogen-bond donors (Lipinski definition) is 0. The summed E-state index contributed by atoms with van der Waals surface area (Å²) in [6.45, 7) is 8.24. The van der Waals surface area contributed by atoms with Crippen LogP contribution in [-0.2, 0) is 4.79 Å². The van der Waals surface area contributed by atoms with Crippen LogP contribution in [0.25, 0.3) is 0 Å². The molecule has 0 spiro atoms. The van der Waals surface area contributed by atoms with Gasteiger partial charge >= 0.3 is 6.03 Å². The number of hydrogen-bond acceptors (Lipinski definition) is 4. The van der Waals surface area contributed by atoms with Crippen molar-refractivity contribution in [3.05, 3.63) is 58.2 Å². The standard InChI is InChI=1S/C29H39Cl2N5O2/c1-4-35(5-2)29(38)33(3)22-13-17-34(18-14-22)19-15-26-23(21-9-11-24(30)25(31)20-21)10-12-28(37)36(26)27-8-6-7-16-32-27/h6-9,11,16,20,22-23,26H,4-5,10,12-15,17-19H2,1-3H3/t23-,26?/m0/s1. The number of nitrogens with zero attached hydrogens (tertiary/aromatic N) is 5. The molecule has 3 amide bonds. The zero-order valence-corrected chi connectivity index (χ0v) is 24.2. The number of amides is 3. The summed E-state index contributed by atoms with van der Waals surface area (Å²) in [5.74, 6) is 0.947. The maximum atomic E-state index is 13.2. The van der Waals surface area contributed by atoms with Gasteiger partial charge in [0.15, 0.2) is 0 Å². The Labute approximate surface area is 236 Å². The third-order valence-electron chi connectivity index (χ3n) is 8.18. The first kappa shape index (κ1) is 28.7. The van der Waals surface area contributed by atoms with E-state index in [-0.39, 0.29) is 29.9 Å². The first-order valence-corrected chi connectivity index (χ1v) is 14.5. The summed E-state index contributed by atoms with van der Waals surface area (Å²) in [5.41, 5.74) is 1.10. The molecule has 0 N–H and O–H groups in total. The van der Waals surface area contributed by atoms with Crippen molar-refractivity contribution in [1.29, 1.82) is 0 Å². The lowest BCUT2D eigenvalue weighted by Crippen LogP contribution is -2.52. The average Bonchev–Trinajstić information content (AvgIpc) is 2.94. The number of benzene rings is 1. The summed E-state index contributed by atoms with van der Waals surface area (Å²) >= 11 is 12.6. The summed E-state index contributed by atoms with van der Waals surface area (Å²) in [7, 11) is 1.93. The topological polar surface area (TPSA) is 60.0 Å². The highest BCUT2D eigenvalue weighted by Crippen LogP contribution is 2.39. The molecule has 0 radical (unpaired) electrons. The van der Waals surface area contributed by atoms with Gasteiger partial charge in [-0.3, -0.25) is 9.69 Å². The van der Waals surface area contributed by atoms with E-state index in [1.807, 2.05) is 72.0 Å². The molecule has 1 aromatic heterocycles. The molecule has 0 bridgehead atoms. The molecule has 4 rings (SSSR count). The van der Waals surface area contributed by atoms with Crippen molar-refractivity contribution >= 4 is 41.0 Å². The van der Waals surface area contributed by atoms with Gasteiger partial charge in [-0.2, -0.15) is 0 Å². The highest BCUT2D eigenvalue weighted by atomic mass is 35.5. The van der Waals surface area contributed by atoms with Gasteiger partial charge in [0.2, 0.25) is 5.91 Å². The van der Waals surface area contributed by atoms with E-state index in [4.69, 9.17) is 23.2 Å². The first-order valence-electron chi connectivity index (χ1n) is 13.8. The average molecular weight is 561 g/mol. The Kier molecular flexibility index (Phi) is 9.91. The van der Waals surface area contributed by atoms with Crippen LogP contribution in [0.4, 0.5) is 10.6 Å². The van der Waals surface area contributed by atoms with Crippen LogP contribution in [0.2, 0.25) is 10.0 Å². The van der Waals surface area contributed by atoms with Gasteiger partial charge in [0.05, 0.1) is 10.0 Å². The molecule has 7 nitrogen and oxygen atoms in total. The van der Waals surface area contributed by atoms with Crippen LogP contribution in [0, 0.1) is 0 Å². The largest absolute Gasteiger partial charge is 0.325 e. The number of aromatic nitrogens is 1. The highest BCUT2D eigenvalue weighted by molar-refractivity contribution is 6.42. The number of carbonyl (C=O) groups is 2. The molecule has 1 unspecified atom stereocenters. The first-order chi connectivity index (χ1) is 18.3. The normalized spacial score (nSPS) is 21.0. The molecule has 2 atom stereocenters. The number of likely N-dealkylation sites (tertiary alicyclic amines) is 1.